The second-order valence-electron chi connectivity index (χ2n) is 8.53. The first kappa shape index (κ1) is 14.6. The van der Waals surface area contributed by atoms with Crippen molar-refractivity contribution in [1.82, 2.24) is 4.90 Å². The number of rotatable bonds is 2. The Hall–Kier alpha value is -0.930. The number of nitrogens with zero attached hydrogens (tertiary/aromatic N) is 1. The lowest BCUT2D eigenvalue weighted by molar-refractivity contribution is -0.182. The van der Waals surface area contributed by atoms with E-state index in [-0.39, 0.29) is 11.2 Å². The molecule has 1 heterocycles. The van der Waals surface area contributed by atoms with E-state index < -0.39 is 17.7 Å². The summed E-state index contributed by atoms with van der Waals surface area (Å²) in [5.74, 6) is -0.351. The fourth-order valence-electron chi connectivity index (χ4n) is 3.24. The van der Waals surface area contributed by atoms with Crippen molar-refractivity contribution in [3.63, 3.8) is 0 Å². The summed E-state index contributed by atoms with van der Waals surface area (Å²) in [6.07, 6.45) is 0. The minimum Gasteiger partial charge on any atom is -0.367 e. The van der Waals surface area contributed by atoms with Crippen LogP contribution in [0.2, 0.25) is 0 Å². The molecule has 0 unspecified atom stereocenters. The molecule has 0 aromatic heterocycles. The Kier molecular flexibility index (Phi) is 3.74. The fourth-order valence-corrected chi connectivity index (χ4v) is 3.24. The van der Waals surface area contributed by atoms with Gasteiger partial charge in [-0.25, -0.2) is 4.39 Å². The van der Waals surface area contributed by atoms with Gasteiger partial charge in [-0.15, -0.1) is 0 Å². The highest BCUT2D eigenvalue weighted by molar-refractivity contribution is 5.29. The van der Waals surface area contributed by atoms with Gasteiger partial charge in [-0.3, -0.25) is 4.90 Å². The molecule has 0 radical (unpaired) electrons. The van der Waals surface area contributed by atoms with Crippen LogP contribution in [0.15, 0.2) is 18.2 Å². The van der Waals surface area contributed by atoms with Gasteiger partial charge in [0.1, 0.15) is 5.82 Å². The second-order valence-corrected chi connectivity index (χ2v) is 8.53. The van der Waals surface area contributed by atoms with E-state index in [0.717, 1.165) is 0 Å². The van der Waals surface area contributed by atoms with E-state index >= 15 is 0 Å². The van der Waals surface area contributed by atoms with Crippen LogP contribution in [-0.4, -0.2) is 29.2 Å². The molecule has 22 heavy (non-hydrogen) atoms. The van der Waals surface area contributed by atoms with Crippen LogP contribution < -0.4 is 0 Å². The highest BCUT2D eigenvalue weighted by Crippen LogP contribution is 2.30. The maximum atomic E-state index is 14.5. The van der Waals surface area contributed by atoms with Crippen LogP contribution in [0.1, 0.15) is 62.3 Å². The van der Waals surface area contributed by atoms with Gasteiger partial charge in [-0.1, -0.05) is 32.9 Å². The number of benzene rings is 1. The highest BCUT2D eigenvalue weighted by Gasteiger charge is 2.37. The molecule has 2 nitrogen and oxygen atoms in total. The minimum absolute atomic E-state index is 0.307. The summed E-state index contributed by atoms with van der Waals surface area (Å²) in [5, 5.41) is 0. The normalized spacial score (nSPS) is 23.8. The van der Waals surface area contributed by atoms with Crippen LogP contribution >= 0.6 is 0 Å². The van der Waals surface area contributed by atoms with E-state index in [1.54, 1.807) is 17.0 Å². The summed E-state index contributed by atoms with van der Waals surface area (Å²) in [5.41, 5.74) is -0.276. The zero-order valence-corrected chi connectivity index (χ0v) is 14.9. The molecule has 0 spiro atoms. The Morgan fingerprint density at radius 3 is 2.18 bits per heavy atom. The van der Waals surface area contributed by atoms with Gasteiger partial charge in [0, 0.05) is 22.3 Å². The van der Waals surface area contributed by atoms with Crippen molar-refractivity contribution in [2.75, 3.05) is 13.1 Å². The molecule has 0 aliphatic carbocycles. The molecule has 3 heteroatoms. The van der Waals surface area contributed by atoms with Gasteiger partial charge in [0.2, 0.25) is 0 Å². The molecule has 1 aromatic carbocycles. The van der Waals surface area contributed by atoms with Gasteiger partial charge in [0.05, 0.1) is 11.2 Å². The number of halogens is 1. The third-order valence-electron chi connectivity index (χ3n) is 3.76. The summed E-state index contributed by atoms with van der Waals surface area (Å²) < 4.78 is 37.8. The first-order valence-electron chi connectivity index (χ1n) is 8.90. The Bertz CT molecular complexity index is 604. The average Bonchev–Trinajstić information content (AvgIpc) is 2.33. The predicted octanol–water partition coefficient (Wildman–Crippen LogP) is 4.51. The van der Waals surface area contributed by atoms with E-state index in [9.17, 15) is 4.39 Å². The van der Waals surface area contributed by atoms with E-state index in [1.807, 2.05) is 48.5 Å². The van der Waals surface area contributed by atoms with Gasteiger partial charge in [-0.05, 0) is 50.3 Å². The van der Waals surface area contributed by atoms with Crippen molar-refractivity contribution in [2.45, 2.75) is 71.6 Å². The van der Waals surface area contributed by atoms with Crippen LogP contribution in [0.5, 0.6) is 0 Å². The summed E-state index contributed by atoms with van der Waals surface area (Å²) in [6, 6.07) is 4.76. The van der Waals surface area contributed by atoms with E-state index in [2.05, 4.69) is 0 Å². The van der Waals surface area contributed by atoms with E-state index in [4.69, 9.17) is 7.48 Å². The molecule has 2 rings (SSSR count). The molecule has 1 fully saturated rings. The zero-order chi connectivity index (χ0) is 18.6. The largest absolute Gasteiger partial charge is 0.367 e. The Morgan fingerprint density at radius 2 is 1.73 bits per heavy atom. The third-order valence-corrected chi connectivity index (χ3v) is 3.76. The van der Waals surface area contributed by atoms with Crippen molar-refractivity contribution in [1.29, 1.82) is 0 Å². The summed E-state index contributed by atoms with van der Waals surface area (Å²) in [6.45, 7) is 12.8. The van der Waals surface area contributed by atoms with Crippen molar-refractivity contribution in [3.8, 4) is 0 Å². The smallest absolute Gasteiger partial charge is 0.127 e. The highest BCUT2D eigenvalue weighted by atomic mass is 19.1. The molecule has 0 bridgehead atoms. The van der Waals surface area contributed by atoms with Gasteiger partial charge >= 0.3 is 0 Å². The molecule has 1 saturated heterocycles. The maximum absolute atomic E-state index is 14.5. The standard InChI is InChI=1S/C19H30FNO/c1-17(2,3)15-9-8-14(10-16(15)20)11-21-12-18(4,5)22-19(6,7)13-21/h8-10H,11-13H2,1-7H3/i11D2. The first-order chi connectivity index (χ1) is 10.6. The molecule has 1 aliphatic heterocycles. The van der Waals surface area contributed by atoms with Crippen molar-refractivity contribution >= 4 is 0 Å². The van der Waals surface area contributed by atoms with E-state index in [1.165, 1.54) is 6.07 Å². The van der Waals surface area contributed by atoms with Gasteiger partial charge in [0.15, 0.2) is 0 Å². The zero-order valence-electron chi connectivity index (χ0n) is 16.9. The average molecular weight is 309 g/mol. The van der Waals surface area contributed by atoms with Gasteiger partial charge < -0.3 is 4.74 Å². The molecule has 1 aromatic rings. The summed E-state index contributed by atoms with van der Waals surface area (Å²) in [4.78, 5) is 1.75. The van der Waals surface area contributed by atoms with Crippen molar-refractivity contribution < 1.29 is 11.9 Å². The topological polar surface area (TPSA) is 12.5 Å². The molecule has 124 valence electrons. The lowest BCUT2D eigenvalue weighted by Gasteiger charge is -2.47. The SMILES string of the molecule is [2H]C([2H])(c1ccc(C(C)(C)C)c(F)c1)N1CC(C)(C)OC(C)(C)C1. The van der Waals surface area contributed by atoms with Crippen LogP contribution in [0.3, 0.4) is 0 Å². The van der Waals surface area contributed by atoms with Crippen molar-refractivity contribution in [2.24, 2.45) is 0 Å². The van der Waals surface area contributed by atoms with Gasteiger partial charge in [0.25, 0.3) is 0 Å². The molecule has 0 N–H and O–H groups in total. The third kappa shape index (κ3) is 4.30. The van der Waals surface area contributed by atoms with E-state index in [0.29, 0.717) is 24.2 Å². The number of hydrogen-bond acceptors (Lipinski definition) is 2. The maximum Gasteiger partial charge on any atom is 0.127 e. The molecular weight excluding hydrogens is 277 g/mol. The number of ether oxygens (including phenoxy) is 1. The Labute approximate surface area is 137 Å². The fraction of sp³-hybridized carbons (Fsp3) is 0.684. The van der Waals surface area contributed by atoms with Gasteiger partial charge in [-0.2, -0.15) is 0 Å². The second kappa shape index (κ2) is 5.61. The summed E-state index contributed by atoms with van der Waals surface area (Å²) in [7, 11) is 0. The Balaban J connectivity index is 2.38. The first-order valence-corrected chi connectivity index (χ1v) is 7.90. The molecule has 0 saturated carbocycles. The minimum atomic E-state index is -1.75. The lowest BCUT2D eigenvalue weighted by atomic mass is 9.86. The molecule has 0 atom stereocenters. The Morgan fingerprint density at radius 1 is 1.18 bits per heavy atom. The quantitative estimate of drug-likeness (QED) is 0.797. The van der Waals surface area contributed by atoms with Crippen LogP contribution in [0.4, 0.5) is 4.39 Å². The van der Waals surface area contributed by atoms with Crippen molar-refractivity contribution in [3.05, 3.63) is 35.1 Å². The molecular formula is C19H30FNO. The molecule has 1 aliphatic rings. The monoisotopic (exact) mass is 309 g/mol. The van der Waals surface area contributed by atoms with Crippen LogP contribution in [-0.2, 0) is 16.6 Å². The number of hydrogen-bond donors (Lipinski definition) is 0. The molecule has 0 amide bonds. The van der Waals surface area contributed by atoms with Crippen LogP contribution in [0, 0.1) is 5.82 Å². The lowest BCUT2D eigenvalue weighted by Crippen LogP contribution is -2.56. The number of morpholine rings is 1. The summed E-state index contributed by atoms with van der Waals surface area (Å²) >= 11 is 0. The van der Waals surface area contributed by atoms with Crippen LogP contribution in [0.25, 0.3) is 0 Å². The predicted molar refractivity (Wildman–Crippen MR) is 89.6 cm³/mol.